The Morgan fingerprint density at radius 2 is 1.92 bits per heavy atom. The van der Waals surface area contributed by atoms with Crippen LogP contribution in [0.2, 0.25) is 5.02 Å². The van der Waals surface area contributed by atoms with Gasteiger partial charge >= 0.3 is 0 Å². The van der Waals surface area contributed by atoms with Crippen molar-refractivity contribution in [3.8, 4) is 0 Å². The number of piperidine rings is 1. The van der Waals surface area contributed by atoms with E-state index in [0.29, 0.717) is 5.92 Å². The molecule has 1 fully saturated rings. The van der Waals surface area contributed by atoms with Crippen molar-refractivity contribution in [2.75, 3.05) is 18.4 Å². The number of amides is 1. The third kappa shape index (κ3) is 4.87. The van der Waals surface area contributed by atoms with Crippen LogP contribution in [-0.4, -0.2) is 23.9 Å². The minimum absolute atomic E-state index is 0.0241. The second kappa shape index (κ2) is 8.70. The summed E-state index contributed by atoms with van der Waals surface area (Å²) in [7, 11) is 0. The fourth-order valence-corrected chi connectivity index (χ4v) is 3.67. The number of nitrogens with zero attached hydrogens (tertiary/aromatic N) is 1. The molecule has 0 aliphatic carbocycles. The molecule has 1 saturated heterocycles. The maximum Gasteiger partial charge on any atom is 0.228 e. The number of benzene rings is 2. The van der Waals surface area contributed by atoms with Crippen LogP contribution in [0, 0.1) is 5.92 Å². The first-order valence-electron chi connectivity index (χ1n) is 9.39. The van der Waals surface area contributed by atoms with E-state index in [1.807, 2.05) is 30.3 Å². The summed E-state index contributed by atoms with van der Waals surface area (Å²) in [5, 5.41) is 3.88. The molecule has 1 aliphatic rings. The van der Waals surface area contributed by atoms with E-state index < -0.39 is 0 Å². The number of likely N-dealkylation sites (tertiary alicyclic amines) is 1. The summed E-state index contributed by atoms with van der Waals surface area (Å²) in [5.41, 5.74) is 3.29. The van der Waals surface area contributed by atoms with Gasteiger partial charge in [0, 0.05) is 23.8 Å². The smallest absolute Gasteiger partial charge is 0.228 e. The molecule has 0 bridgehead atoms. The summed E-state index contributed by atoms with van der Waals surface area (Å²) in [5.74, 6) is 0.638. The Labute approximate surface area is 161 Å². The molecule has 0 radical (unpaired) electrons. The zero-order valence-electron chi connectivity index (χ0n) is 15.5. The maximum atomic E-state index is 12.7. The lowest BCUT2D eigenvalue weighted by atomic mass is 9.96. The molecule has 138 valence electrons. The SMILES string of the molecule is CC(C)c1ccc(NC(=O)[C@@H]2CCCN(Cc3ccccc3Cl)C2)cc1. The number of hydrogen-bond acceptors (Lipinski definition) is 2. The van der Waals surface area contributed by atoms with Crippen LogP contribution in [0.1, 0.15) is 43.7 Å². The fourth-order valence-electron chi connectivity index (χ4n) is 3.48. The zero-order chi connectivity index (χ0) is 18.5. The molecule has 4 heteroatoms. The van der Waals surface area contributed by atoms with Gasteiger partial charge in [-0.05, 0) is 54.6 Å². The standard InChI is InChI=1S/C22H27ClN2O/c1-16(2)17-9-11-20(12-10-17)24-22(26)19-7-5-13-25(15-19)14-18-6-3-4-8-21(18)23/h3-4,6,8-12,16,19H,5,7,13-15H2,1-2H3,(H,24,26)/t19-/m1/s1. The van der Waals surface area contributed by atoms with E-state index in [1.165, 1.54) is 5.56 Å². The predicted molar refractivity (Wildman–Crippen MR) is 109 cm³/mol. The Kier molecular flexibility index (Phi) is 6.33. The van der Waals surface area contributed by atoms with Crippen LogP contribution >= 0.6 is 11.6 Å². The van der Waals surface area contributed by atoms with Crippen LogP contribution in [0.15, 0.2) is 48.5 Å². The third-order valence-corrected chi connectivity index (χ3v) is 5.44. The number of carbonyl (C=O) groups excluding carboxylic acids is 1. The molecule has 2 aromatic carbocycles. The molecule has 1 heterocycles. The number of hydrogen-bond donors (Lipinski definition) is 1. The molecule has 1 amide bonds. The monoisotopic (exact) mass is 370 g/mol. The zero-order valence-corrected chi connectivity index (χ0v) is 16.3. The number of carbonyl (C=O) groups is 1. The Morgan fingerprint density at radius 1 is 1.19 bits per heavy atom. The van der Waals surface area contributed by atoms with Crippen LogP contribution < -0.4 is 5.32 Å². The molecule has 0 unspecified atom stereocenters. The van der Waals surface area contributed by atoms with Crippen LogP contribution in [0.4, 0.5) is 5.69 Å². The second-order valence-electron chi connectivity index (χ2n) is 7.43. The molecule has 0 aromatic heterocycles. The fraction of sp³-hybridized carbons (Fsp3) is 0.409. The van der Waals surface area contributed by atoms with Crippen molar-refractivity contribution in [1.82, 2.24) is 4.90 Å². The van der Waals surface area contributed by atoms with E-state index in [4.69, 9.17) is 11.6 Å². The lowest BCUT2D eigenvalue weighted by Gasteiger charge is -2.32. The molecule has 2 aromatic rings. The minimum atomic E-state index is 0.0241. The molecule has 3 rings (SSSR count). The van der Waals surface area contributed by atoms with Crippen LogP contribution in [0.25, 0.3) is 0 Å². The van der Waals surface area contributed by atoms with Gasteiger partial charge in [0.25, 0.3) is 0 Å². The van der Waals surface area contributed by atoms with E-state index in [9.17, 15) is 4.79 Å². The number of anilines is 1. The molecule has 1 atom stereocenters. The lowest BCUT2D eigenvalue weighted by Crippen LogP contribution is -2.40. The van der Waals surface area contributed by atoms with Crippen molar-refractivity contribution in [3.63, 3.8) is 0 Å². The summed E-state index contributed by atoms with van der Waals surface area (Å²) in [6, 6.07) is 16.1. The van der Waals surface area contributed by atoms with E-state index >= 15 is 0 Å². The van der Waals surface area contributed by atoms with Crippen LogP contribution in [0.3, 0.4) is 0 Å². The van der Waals surface area contributed by atoms with Gasteiger partial charge in [-0.1, -0.05) is 55.8 Å². The number of rotatable bonds is 5. The summed E-state index contributed by atoms with van der Waals surface area (Å²) in [4.78, 5) is 15.0. The highest BCUT2D eigenvalue weighted by Gasteiger charge is 2.26. The lowest BCUT2D eigenvalue weighted by molar-refractivity contribution is -0.121. The normalized spacial score (nSPS) is 18.1. The highest BCUT2D eigenvalue weighted by molar-refractivity contribution is 6.31. The van der Waals surface area contributed by atoms with Gasteiger partial charge in [-0.3, -0.25) is 9.69 Å². The largest absolute Gasteiger partial charge is 0.326 e. The van der Waals surface area contributed by atoms with Crippen molar-refractivity contribution in [1.29, 1.82) is 0 Å². The molecule has 0 saturated carbocycles. The topological polar surface area (TPSA) is 32.3 Å². The third-order valence-electron chi connectivity index (χ3n) is 5.07. The van der Waals surface area contributed by atoms with Gasteiger partial charge in [-0.25, -0.2) is 0 Å². The van der Waals surface area contributed by atoms with E-state index in [0.717, 1.165) is 48.7 Å². The van der Waals surface area contributed by atoms with E-state index in [2.05, 4.69) is 42.3 Å². The predicted octanol–water partition coefficient (Wildman–Crippen LogP) is 5.31. The van der Waals surface area contributed by atoms with Crippen molar-refractivity contribution < 1.29 is 4.79 Å². The van der Waals surface area contributed by atoms with Gasteiger partial charge < -0.3 is 5.32 Å². The molecule has 26 heavy (non-hydrogen) atoms. The van der Waals surface area contributed by atoms with E-state index in [1.54, 1.807) is 0 Å². The maximum absolute atomic E-state index is 12.7. The van der Waals surface area contributed by atoms with Crippen LogP contribution in [0.5, 0.6) is 0 Å². The highest BCUT2D eigenvalue weighted by Crippen LogP contribution is 2.24. The molecule has 0 spiro atoms. The van der Waals surface area contributed by atoms with Gasteiger partial charge in [-0.15, -0.1) is 0 Å². The first-order valence-corrected chi connectivity index (χ1v) is 9.77. The summed E-state index contributed by atoms with van der Waals surface area (Å²) < 4.78 is 0. The van der Waals surface area contributed by atoms with Gasteiger partial charge in [0.2, 0.25) is 5.91 Å². The summed E-state index contributed by atoms with van der Waals surface area (Å²) in [6.07, 6.45) is 1.98. The van der Waals surface area contributed by atoms with Gasteiger partial charge in [0.1, 0.15) is 0 Å². The summed E-state index contributed by atoms with van der Waals surface area (Å²) in [6.45, 7) is 6.93. The highest BCUT2D eigenvalue weighted by atomic mass is 35.5. The Hall–Kier alpha value is -1.84. The number of halogens is 1. The molecular formula is C22H27ClN2O. The first-order chi connectivity index (χ1) is 12.5. The summed E-state index contributed by atoms with van der Waals surface area (Å²) >= 11 is 6.28. The first kappa shape index (κ1) is 18.9. The minimum Gasteiger partial charge on any atom is -0.326 e. The second-order valence-corrected chi connectivity index (χ2v) is 7.84. The van der Waals surface area contributed by atoms with Gasteiger partial charge in [-0.2, -0.15) is 0 Å². The Bertz CT molecular complexity index is 742. The van der Waals surface area contributed by atoms with E-state index in [-0.39, 0.29) is 11.8 Å². The van der Waals surface area contributed by atoms with Gasteiger partial charge in [0.15, 0.2) is 0 Å². The van der Waals surface area contributed by atoms with Crippen LogP contribution in [-0.2, 0) is 11.3 Å². The number of nitrogens with one attached hydrogen (secondary N) is 1. The van der Waals surface area contributed by atoms with Crippen molar-refractivity contribution in [2.24, 2.45) is 5.92 Å². The molecule has 3 nitrogen and oxygen atoms in total. The molecule has 1 aliphatic heterocycles. The van der Waals surface area contributed by atoms with Gasteiger partial charge in [0.05, 0.1) is 5.92 Å². The Balaban J connectivity index is 1.58. The van der Waals surface area contributed by atoms with Crippen molar-refractivity contribution >= 4 is 23.2 Å². The average molecular weight is 371 g/mol. The molecular weight excluding hydrogens is 344 g/mol. The van der Waals surface area contributed by atoms with Crippen molar-refractivity contribution in [2.45, 2.75) is 39.2 Å². The average Bonchev–Trinajstić information content (AvgIpc) is 2.64. The van der Waals surface area contributed by atoms with Crippen molar-refractivity contribution in [3.05, 3.63) is 64.7 Å². The molecule has 1 N–H and O–H groups in total. The quantitative estimate of drug-likeness (QED) is 0.773. The Morgan fingerprint density at radius 3 is 2.62 bits per heavy atom.